The highest BCUT2D eigenvalue weighted by molar-refractivity contribution is 5.01. The Morgan fingerprint density at radius 2 is 2.18 bits per heavy atom. The molecule has 1 N–H and O–H groups in total. The van der Waals surface area contributed by atoms with Crippen LogP contribution in [0.4, 0.5) is 0 Å². The average Bonchev–Trinajstić information content (AvgIpc) is 2.86. The van der Waals surface area contributed by atoms with E-state index >= 15 is 0 Å². The number of fused-ring (bicyclic) bond motifs is 3. The van der Waals surface area contributed by atoms with Crippen LogP contribution in [0.1, 0.15) is 17.8 Å². The molecule has 0 aromatic carbocycles. The standard InChI is InChI=1S/C11H19N5O/c1-12-3-2-10-13-11(14-17-10)9-8-15-4-6-16(9)7-5-15/h9,12H,2-8H2,1H3. The maximum absolute atomic E-state index is 5.28. The molecule has 1 unspecified atom stereocenters. The third kappa shape index (κ3) is 2.20. The van der Waals surface area contributed by atoms with Gasteiger partial charge < -0.3 is 9.84 Å². The molecule has 0 amide bonds. The lowest BCUT2D eigenvalue weighted by atomic mass is 10.1. The molecule has 2 bridgehead atoms. The average molecular weight is 237 g/mol. The lowest BCUT2D eigenvalue weighted by molar-refractivity contribution is 0.00781. The van der Waals surface area contributed by atoms with Crippen molar-refractivity contribution >= 4 is 0 Å². The van der Waals surface area contributed by atoms with Crippen molar-refractivity contribution in [1.82, 2.24) is 25.3 Å². The zero-order chi connectivity index (χ0) is 11.7. The molecular formula is C11H19N5O. The Kier molecular flexibility index (Phi) is 3.09. The first-order valence-electron chi connectivity index (χ1n) is 6.30. The third-order valence-electron chi connectivity index (χ3n) is 3.65. The van der Waals surface area contributed by atoms with E-state index in [2.05, 4.69) is 25.3 Å². The Morgan fingerprint density at radius 1 is 1.35 bits per heavy atom. The van der Waals surface area contributed by atoms with Crippen LogP contribution in [0.15, 0.2) is 4.52 Å². The number of aromatic nitrogens is 2. The summed E-state index contributed by atoms with van der Waals surface area (Å²) in [7, 11) is 1.93. The molecule has 0 aliphatic carbocycles. The van der Waals surface area contributed by atoms with Gasteiger partial charge in [0.2, 0.25) is 5.89 Å². The van der Waals surface area contributed by atoms with Crippen LogP contribution in [0.25, 0.3) is 0 Å². The van der Waals surface area contributed by atoms with Crippen molar-refractivity contribution in [3.05, 3.63) is 11.7 Å². The second-order valence-electron chi connectivity index (χ2n) is 4.75. The van der Waals surface area contributed by atoms with Crippen molar-refractivity contribution in [3.63, 3.8) is 0 Å². The molecule has 3 saturated heterocycles. The lowest BCUT2D eigenvalue weighted by Crippen LogP contribution is -2.57. The van der Waals surface area contributed by atoms with Crippen molar-refractivity contribution in [1.29, 1.82) is 0 Å². The van der Waals surface area contributed by atoms with Gasteiger partial charge in [0.15, 0.2) is 5.82 Å². The quantitative estimate of drug-likeness (QED) is 0.762. The summed E-state index contributed by atoms with van der Waals surface area (Å²) in [5.41, 5.74) is 0. The molecule has 3 aliphatic heterocycles. The molecule has 1 aromatic heterocycles. The van der Waals surface area contributed by atoms with Gasteiger partial charge in [-0.05, 0) is 7.05 Å². The molecule has 0 saturated carbocycles. The molecule has 4 heterocycles. The van der Waals surface area contributed by atoms with Crippen molar-refractivity contribution in [3.8, 4) is 0 Å². The highest BCUT2D eigenvalue weighted by Crippen LogP contribution is 2.26. The fourth-order valence-electron chi connectivity index (χ4n) is 2.60. The van der Waals surface area contributed by atoms with E-state index in [1.165, 1.54) is 13.1 Å². The summed E-state index contributed by atoms with van der Waals surface area (Å²) in [6.45, 7) is 6.55. The van der Waals surface area contributed by atoms with Crippen LogP contribution in [0.2, 0.25) is 0 Å². The first-order valence-corrected chi connectivity index (χ1v) is 6.30. The van der Waals surface area contributed by atoms with Gasteiger partial charge in [0, 0.05) is 45.7 Å². The summed E-state index contributed by atoms with van der Waals surface area (Å²) in [4.78, 5) is 9.45. The Bertz CT molecular complexity index is 372. The Morgan fingerprint density at radius 3 is 2.82 bits per heavy atom. The third-order valence-corrected chi connectivity index (χ3v) is 3.65. The molecule has 4 rings (SSSR count). The van der Waals surface area contributed by atoms with Gasteiger partial charge in [0.05, 0.1) is 6.04 Å². The van der Waals surface area contributed by atoms with E-state index in [-0.39, 0.29) is 0 Å². The summed E-state index contributed by atoms with van der Waals surface area (Å²) >= 11 is 0. The summed E-state index contributed by atoms with van der Waals surface area (Å²) in [6, 6.07) is 0.338. The molecular weight excluding hydrogens is 218 g/mol. The van der Waals surface area contributed by atoms with E-state index in [4.69, 9.17) is 4.52 Å². The minimum Gasteiger partial charge on any atom is -0.339 e. The van der Waals surface area contributed by atoms with Gasteiger partial charge in [-0.25, -0.2) is 0 Å². The summed E-state index contributed by atoms with van der Waals surface area (Å²) < 4.78 is 5.28. The topological polar surface area (TPSA) is 57.4 Å². The van der Waals surface area contributed by atoms with Crippen LogP contribution in [-0.4, -0.2) is 66.3 Å². The molecule has 0 radical (unpaired) electrons. The fraction of sp³-hybridized carbons (Fsp3) is 0.818. The molecule has 1 aromatic rings. The summed E-state index contributed by atoms with van der Waals surface area (Å²) in [5, 5.41) is 7.21. The van der Waals surface area contributed by atoms with Gasteiger partial charge in [-0.2, -0.15) is 4.98 Å². The van der Waals surface area contributed by atoms with Crippen LogP contribution in [0.5, 0.6) is 0 Å². The van der Waals surface area contributed by atoms with Crippen LogP contribution < -0.4 is 5.32 Å². The number of piperazine rings is 3. The monoisotopic (exact) mass is 237 g/mol. The van der Waals surface area contributed by atoms with E-state index in [1.54, 1.807) is 0 Å². The Balaban J connectivity index is 1.69. The lowest BCUT2D eigenvalue weighted by Gasteiger charge is -2.46. The second kappa shape index (κ2) is 4.72. The van der Waals surface area contributed by atoms with Crippen LogP contribution >= 0.6 is 0 Å². The van der Waals surface area contributed by atoms with E-state index in [0.29, 0.717) is 6.04 Å². The molecule has 1 atom stereocenters. The molecule has 94 valence electrons. The molecule has 6 nitrogen and oxygen atoms in total. The minimum atomic E-state index is 0.338. The van der Waals surface area contributed by atoms with Gasteiger partial charge in [0.1, 0.15) is 0 Å². The Labute approximate surface area is 101 Å². The smallest absolute Gasteiger partial charge is 0.227 e. The van der Waals surface area contributed by atoms with Crippen molar-refractivity contribution in [2.24, 2.45) is 0 Å². The summed E-state index contributed by atoms with van der Waals surface area (Å²) in [5.74, 6) is 1.60. The van der Waals surface area contributed by atoms with E-state index < -0.39 is 0 Å². The van der Waals surface area contributed by atoms with Gasteiger partial charge >= 0.3 is 0 Å². The largest absolute Gasteiger partial charge is 0.339 e. The zero-order valence-corrected chi connectivity index (χ0v) is 10.2. The summed E-state index contributed by atoms with van der Waals surface area (Å²) in [6.07, 6.45) is 0.805. The van der Waals surface area contributed by atoms with Crippen molar-refractivity contribution in [2.45, 2.75) is 12.5 Å². The highest BCUT2D eigenvalue weighted by Gasteiger charge is 2.35. The number of nitrogens with one attached hydrogen (secondary N) is 1. The number of hydrogen-bond donors (Lipinski definition) is 1. The Hall–Kier alpha value is -0.980. The normalized spacial score (nSPS) is 31.9. The number of hydrogen-bond acceptors (Lipinski definition) is 6. The van der Waals surface area contributed by atoms with Gasteiger partial charge in [-0.1, -0.05) is 5.16 Å². The number of nitrogens with zero attached hydrogens (tertiary/aromatic N) is 4. The van der Waals surface area contributed by atoms with E-state index in [0.717, 1.165) is 44.3 Å². The highest BCUT2D eigenvalue weighted by atomic mass is 16.5. The molecule has 6 heteroatoms. The predicted molar refractivity (Wildman–Crippen MR) is 62.7 cm³/mol. The van der Waals surface area contributed by atoms with Gasteiger partial charge in [-0.15, -0.1) is 0 Å². The zero-order valence-electron chi connectivity index (χ0n) is 10.2. The molecule has 0 spiro atoms. The number of likely N-dealkylation sites (N-methyl/N-ethyl adjacent to an activating group) is 1. The SMILES string of the molecule is CNCCc1nc(C2CN3CCN2CC3)no1. The fourth-order valence-corrected chi connectivity index (χ4v) is 2.60. The minimum absolute atomic E-state index is 0.338. The van der Waals surface area contributed by atoms with Crippen LogP contribution in [0.3, 0.4) is 0 Å². The van der Waals surface area contributed by atoms with Crippen LogP contribution in [0, 0.1) is 0 Å². The number of rotatable bonds is 4. The first kappa shape index (κ1) is 11.1. The van der Waals surface area contributed by atoms with E-state index in [1.807, 2.05) is 7.05 Å². The molecule has 3 aliphatic rings. The van der Waals surface area contributed by atoms with Crippen molar-refractivity contribution < 1.29 is 4.52 Å². The van der Waals surface area contributed by atoms with Crippen molar-refractivity contribution in [2.75, 3.05) is 46.3 Å². The molecule has 17 heavy (non-hydrogen) atoms. The van der Waals surface area contributed by atoms with Gasteiger partial charge in [0.25, 0.3) is 0 Å². The van der Waals surface area contributed by atoms with Crippen LogP contribution in [-0.2, 0) is 6.42 Å². The second-order valence-corrected chi connectivity index (χ2v) is 4.75. The van der Waals surface area contributed by atoms with Gasteiger partial charge in [-0.3, -0.25) is 9.80 Å². The maximum Gasteiger partial charge on any atom is 0.227 e. The predicted octanol–water partition coefficient (Wildman–Crippen LogP) is -0.496. The molecule has 3 fully saturated rings. The maximum atomic E-state index is 5.28. The van der Waals surface area contributed by atoms with E-state index in [9.17, 15) is 0 Å². The first-order chi connectivity index (χ1) is 8.36.